The number of ether oxygens (including phenoxy) is 1. The lowest BCUT2D eigenvalue weighted by atomic mass is 9.69. The molecule has 6 nitrogen and oxygen atoms in total. The minimum Gasteiger partial charge on any atom is -0.497 e. The highest BCUT2D eigenvalue weighted by Gasteiger charge is 2.60. The van der Waals surface area contributed by atoms with E-state index in [2.05, 4.69) is 16.8 Å². The number of aliphatic imine (C=N–C) groups is 1. The van der Waals surface area contributed by atoms with Gasteiger partial charge in [-0.15, -0.1) is 0 Å². The quantitative estimate of drug-likeness (QED) is 0.701. The van der Waals surface area contributed by atoms with Crippen molar-refractivity contribution in [2.75, 3.05) is 45.2 Å². The summed E-state index contributed by atoms with van der Waals surface area (Å²) in [7, 11) is 3.85. The first kappa shape index (κ1) is 22.1. The molecule has 5 rings (SSSR count). The molecule has 3 fully saturated rings. The van der Waals surface area contributed by atoms with Gasteiger partial charge in [0.1, 0.15) is 11.6 Å². The number of carbonyl (C=O) groups is 1. The fourth-order valence-electron chi connectivity index (χ4n) is 5.80. The van der Waals surface area contributed by atoms with Crippen LogP contribution in [0.25, 0.3) is 0 Å². The van der Waals surface area contributed by atoms with Crippen molar-refractivity contribution in [3.63, 3.8) is 0 Å². The average Bonchev–Trinajstić information content (AvgIpc) is 3.08. The lowest BCUT2D eigenvalue weighted by molar-refractivity contribution is -0.130. The van der Waals surface area contributed by atoms with Gasteiger partial charge in [-0.3, -0.25) is 14.6 Å². The van der Waals surface area contributed by atoms with Crippen LogP contribution in [0.15, 0.2) is 59.6 Å². The van der Waals surface area contributed by atoms with E-state index >= 15 is 0 Å². The molecule has 2 aliphatic heterocycles. The number of rotatable bonds is 4. The summed E-state index contributed by atoms with van der Waals surface area (Å²) in [5.74, 6) is 1.91. The molecule has 0 radical (unpaired) electrons. The topological polar surface area (TPSA) is 48.4 Å². The van der Waals surface area contributed by atoms with Gasteiger partial charge in [0.2, 0.25) is 5.91 Å². The number of hydrogen-bond donors (Lipinski definition) is 0. The van der Waals surface area contributed by atoms with Gasteiger partial charge >= 0.3 is 0 Å². The van der Waals surface area contributed by atoms with Crippen LogP contribution in [0.2, 0.25) is 0 Å². The number of amides is 1. The van der Waals surface area contributed by atoms with Crippen molar-refractivity contribution in [1.82, 2.24) is 9.80 Å². The molecular formula is C27H34N4O2. The van der Waals surface area contributed by atoms with E-state index in [0.29, 0.717) is 0 Å². The number of para-hydroxylation sites is 1. The van der Waals surface area contributed by atoms with Gasteiger partial charge < -0.3 is 9.64 Å². The van der Waals surface area contributed by atoms with Crippen LogP contribution in [0.5, 0.6) is 5.75 Å². The Bertz CT molecular complexity index is 991. The Hall–Kier alpha value is -2.70. The Morgan fingerprint density at radius 2 is 1.58 bits per heavy atom. The summed E-state index contributed by atoms with van der Waals surface area (Å²) in [5.41, 5.74) is 1.37. The van der Waals surface area contributed by atoms with Crippen LogP contribution in [0.4, 0.5) is 11.4 Å². The van der Waals surface area contributed by atoms with Crippen LogP contribution in [-0.2, 0) is 4.79 Å². The Morgan fingerprint density at radius 1 is 0.909 bits per heavy atom. The van der Waals surface area contributed by atoms with Crippen LogP contribution in [0.1, 0.15) is 32.1 Å². The Labute approximate surface area is 196 Å². The standard InChI is InChI=1S/C27H34N4O2/c1-29-17-19-30(20-18-29)24-25(28-21-11-13-23(33-2)14-12-21)31(22-9-5-3-6-10-22)26(32)27(24)15-7-4-8-16-27/h3,5-6,9-14,24H,4,7-8,15-20H2,1-2H3. The molecular weight excluding hydrogens is 412 g/mol. The van der Waals surface area contributed by atoms with Crippen molar-refractivity contribution in [2.24, 2.45) is 10.4 Å². The minimum atomic E-state index is -0.394. The van der Waals surface area contributed by atoms with Crippen LogP contribution < -0.4 is 9.64 Å². The maximum atomic E-state index is 14.3. The summed E-state index contributed by atoms with van der Waals surface area (Å²) in [6.45, 7) is 3.95. The summed E-state index contributed by atoms with van der Waals surface area (Å²) in [6.07, 6.45) is 5.30. The third kappa shape index (κ3) is 4.06. The Kier molecular flexibility index (Phi) is 6.21. The zero-order valence-corrected chi connectivity index (χ0v) is 19.7. The van der Waals surface area contributed by atoms with E-state index in [4.69, 9.17) is 9.73 Å². The number of methoxy groups -OCH3 is 1. The first-order chi connectivity index (χ1) is 16.1. The van der Waals surface area contributed by atoms with Crippen molar-refractivity contribution in [1.29, 1.82) is 0 Å². The zero-order valence-electron chi connectivity index (χ0n) is 19.7. The zero-order chi connectivity index (χ0) is 22.8. The molecule has 1 aliphatic carbocycles. The van der Waals surface area contributed by atoms with Gasteiger partial charge in [0.15, 0.2) is 0 Å². The van der Waals surface area contributed by atoms with Crippen LogP contribution in [0.3, 0.4) is 0 Å². The molecule has 0 aromatic heterocycles. The second-order valence-electron chi connectivity index (χ2n) is 9.60. The number of likely N-dealkylation sites (N-methyl/N-ethyl adjacent to an activating group) is 1. The molecule has 2 aromatic rings. The van der Waals surface area contributed by atoms with E-state index in [1.165, 1.54) is 6.42 Å². The predicted molar refractivity (Wildman–Crippen MR) is 132 cm³/mol. The molecule has 1 spiro atoms. The molecule has 3 aliphatic rings. The first-order valence-corrected chi connectivity index (χ1v) is 12.2. The number of piperazine rings is 1. The van der Waals surface area contributed by atoms with Gasteiger partial charge in [-0.25, -0.2) is 4.99 Å². The molecule has 0 N–H and O–H groups in total. The maximum Gasteiger partial charge on any atom is 0.240 e. The lowest BCUT2D eigenvalue weighted by Crippen LogP contribution is -2.57. The maximum absolute atomic E-state index is 14.3. The van der Waals surface area contributed by atoms with E-state index in [9.17, 15) is 4.79 Å². The van der Waals surface area contributed by atoms with Gasteiger partial charge in [0.25, 0.3) is 0 Å². The molecule has 174 valence electrons. The summed E-state index contributed by atoms with van der Waals surface area (Å²) in [6, 6.07) is 17.9. The van der Waals surface area contributed by atoms with E-state index in [-0.39, 0.29) is 11.9 Å². The molecule has 2 aromatic carbocycles. The highest BCUT2D eigenvalue weighted by atomic mass is 16.5. The van der Waals surface area contributed by atoms with Crippen molar-refractivity contribution in [3.8, 4) is 5.75 Å². The highest BCUT2D eigenvalue weighted by Crippen LogP contribution is 2.49. The van der Waals surface area contributed by atoms with Gasteiger partial charge in [0, 0.05) is 26.2 Å². The average molecular weight is 447 g/mol. The molecule has 1 saturated carbocycles. The van der Waals surface area contributed by atoms with Crippen LogP contribution in [0, 0.1) is 5.41 Å². The van der Waals surface area contributed by atoms with E-state index in [1.54, 1.807) is 7.11 Å². The minimum absolute atomic E-state index is 0.00121. The van der Waals surface area contributed by atoms with Crippen LogP contribution in [-0.4, -0.2) is 67.9 Å². The number of amidine groups is 1. The van der Waals surface area contributed by atoms with Crippen molar-refractivity contribution in [2.45, 2.75) is 38.1 Å². The van der Waals surface area contributed by atoms with Crippen molar-refractivity contribution >= 4 is 23.1 Å². The number of hydrogen-bond acceptors (Lipinski definition) is 5. The Morgan fingerprint density at radius 3 is 2.21 bits per heavy atom. The number of anilines is 1. The molecule has 1 unspecified atom stereocenters. The molecule has 1 amide bonds. The lowest BCUT2D eigenvalue weighted by Gasteiger charge is -2.44. The number of carbonyl (C=O) groups excluding carboxylic acids is 1. The fourth-order valence-corrected chi connectivity index (χ4v) is 5.80. The van der Waals surface area contributed by atoms with Gasteiger partial charge in [-0.2, -0.15) is 0 Å². The fraction of sp³-hybridized carbons (Fsp3) is 0.481. The summed E-state index contributed by atoms with van der Waals surface area (Å²) in [5, 5.41) is 0. The third-order valence-electron chi connectivity index (χ3n) is 7.61. The van der Waals surface area contributed by atoms with Gasteiger partial charge in [-0.1, -0.05) is 37.5 Å². The van der Waals surface area contributed by atoms with E-state index in [0.717, 1.165) is 74.8 Å². The third-order valence-corrected chi connectivity index (χ3v) is 7.61. The molecule has 2 heterocycles. The number of nitrogens with zero attached hydrogens (tertiary/aromatic N) is 4. The summed E-state index contributed by atoms with van der Waals surface area (Å²) >= 11 is 0. The first-order valence-electron chi connectivity index (χ1n) is 12.2. The molecule has 0 bridgehead atoms. The van der Waals surface area contributed by atoms with Crippen molar-refractivity contribution < 1.29 is 9.53 Å². The van der Waals surface area contributed by atoms with Crippen molar-refractivity contribution in [3.05, 3.63) is 54.6 Å². The largest absolute Gasteiger partial charge is 0.497 e. The van der Waals surface area contributed by atoms with Crippen LogP contribution >= 0.6 is 0 Å². The Balaban J connectivity index is 1.64. The molecule has 2 saturated heterocycles. The van der Waals surface area contributed by atoms with Gasteiger partial charge in [0.05, 0.1) is 29.9 Å². The number of benzene rings is 2. The van der Waals surface area contributed by atoms with E-state index < -0.39 is 5.41 Å². The SMILES string of the molecule is COc1ccc(N=C2C(N3CCN(C)CC3)C3(CCCCC3)C(=O)N2c2ccccc2)cc1. The van der Waals surface area contributed by atoms with E-state index in [1.807, 2.05) is 59.5 Å². The monoisotopic (exact) mass is 446 g/mol. The van der Waals surface area contributed by atoms with Gasteiger partial charge in [-0.05, 0) is 56.3 Å². The second-order valence-corrected chi connectivity index (χ2v) is 9.60. The second kappa shape index (κ2) is 9.27. The normalized spacial score (nSPS) is 25.2. The molecule has 6 heteroatoms. The summed E-state index contributed by atoms with van der Waals surface area (Å²) in [4.78, 5) is 26.3. The highest BCUT2D eigenvalue weighted by molar-refractivity contribution is 6.27. The molecule has 1 atom stereocenters. The smallest absolute Gasteiger partial charge is 0.240 e. The molecule has 33 heavy (non-hydrogen) atoms. The summed E-state index contributed by atoms with van der Waals surface area (Å²) < 4.78 is 5.34. The predicted octanol–water partition coefficient (Wildman–Crippen LogP) is 4.34.